The first-order chi connectivity index (χ1) is 4.88. The molecule has 0 spiro atoms. The van der Waals surface area contributed by atoms with Gasteiger partial charge in [0.15, 0.2) is 0 Å². The van der Waals surface area contributed by atoms with Gasteiger partial charge in [-0.05, 0) is 0 Å². The molecule has 1 rings (SSSR count). The van der Waals surface area contributed by atoms with Gasteiger partial charge in [-0.1, -0.05) is 0 Å². The van der Waals surface area contributed by atoms with Crippen molar-refractivity contribution < 1.29 is 9.90 Å². The molecule has 0 bridgehead atoms. The van der Waals surface area contributed by atoms with Crippen LogP contribution in [0.4, 0.5) is 0 Å². The Kier molecular flexibility index (Phi) is 2.45. The van der Waals surface area contributed by atoms with Crippen molar-refractivity contribution in [3.63, 3.8) is 0 Å². The van der Waals surface area contributed by atoms with Gasteiger partial charge in [0.1, 0.15) is 11.6 Å². The number of hydrogen-bond donors (Lipinski definition) is 3. The fourth-order valence-electron chi connectivity index (χ4n) is 0.932. The third kappa shape index (κ3) is 1.36. The van der Waals surface area contributed by atoms with Crippen molar-refractivity contribution in [3.05, 3.63) is 5.70 Å². The summed E-state index contributed by atoms with van der Waals surface area (Å²) in [6.07, 6.45) is 0. The lowest BCUT2D eigenvalue weighted by molar-refractivity contribution is 0.247. The van der Waals surface area contributed by atoms with E-state index in [1.165, 1.54) is 0 Å². The molecule has 0 aromatic rings. The van der Waals surface area contributed by atoms with E-state index in [1.807, 2.05) is 0 Å². The first-order valence-corrected chi connectivity index (χ1v) is 3.21. The molecule has 0 aliphatic carbocycles. The van der Waals surface area contributed by atoms with Crippen LogP contribution in [0.2, 0.25) is 0 Å². The summed E-state index contributed by atoms with van der Waals surface area (Å²) in [5.41, 5.74) is 0.425. The maximum Gasteiger partial charge on any atom is 0.147 e. The van der Waals surface area contributed by atoms with Crippen LogP contribution in [-0.4, -0.2) is 36.8 Å². The molecule has 0 saturated carbocycles. The number of aliphatic hydroxyl groups is 1. The van der Waals surface area contributed by atoms with Gasteiger partial charge in [-0.3, -0.25) is 0 Å². The molecule has 1 aliphatic heterocycles. The van der Waals surface area contributed by atoms with Gasteiger partial charge in [-0.25, -0.2) is 4.79 Å². The number of aliphatic hydroxyl groups excluding tert-OH is 1. The third-order valence-electron chi connectivity index (χ3n) is 1.47. The minimum Gasteiger partial charge on any atom is -0.394 e. The first kappa shape index (κ1) is 7.28. The first-order valence-electron chi connectivity index (χ1n) is 3.21. The molecule has 1 unspecified atom stereocenters. The minimum absolute atomic E-state index is 0.0580. The summed E-state index contributed by atoms with van der Waals surface area (Å²) in [5.74, 6) is 1.74. The summed E-state index contributed by atoms with van der Waals surface area (Å²) in [7, 11) is 0. The molecule has 0 amide bonds. The molecule has 4 heteroatoms. The lowest BCUT2D eigenvalue weighted by Gasteiger charge is -2.23. The Bertz CT molecular complexity index is 163. The number of carbonyl (C=O) groups excluding carboxylic acids is 1. The van der Waals surface area contributed by atoms with Gasteiger partial charge in [0, 0.05) is 13.1 Å². The molecule has 10 heavy (non-hydrogen) atoms. The number of hydrogen-bond acceptors (Lipinski definition) is 4. The quantitative estimate of drug-likeness (QED) is 0.380. The lowest BCUT2D eigenvalue weighted by Crippen LogP contribution is -2.48. The maximum absolute atomic E-state index is 10.2. The van der Waals surface area contributed by atoms with Crippen molar-refractivity contribution >= 4 is 5.94 Å². The van der Waals surface area contributed by atoms with Crippen molar-refractivity contribution in [2.24, 2.45) is 0 Å². The smallest absolute Gasteiger partial charge is 0.147 e. The molecule has 1 atom stereocenters. The summed E-state index contributed by atoms with van der Waals surface area (Å²) in [4.78, 5) is 10.2. The van der Waals surface area contributed by atoms with Crippen LogP contribution in [0.15, 0.2) is 5.70 Å². The summed E-state index contributed by atoms with van der Waals surface area (Å²) in [6, 6.07) is -0.244. The van der Waals surface area contributed by atoms with E-state index in [4.69, 9.17) is 5.11 Å². The van der Waals surface area contributed by atoms with Crippen molar-refractivity contribution in [2.45, 2.75) is 6.04 Å². The van der Waals surface area contributed by atoms with Crippen LogP contribution in [0, 0.1) is 0 Å². The van der Waals surface area contributed by atoms with Crippen LogP contribution >= 0.6 is 0 Å². The maximum atomic E-state index is 10.2. The van der Waals surface area contributed by atoms with Crippen LogP contribution in [0.5, 0.6) is 0 Å². The van der Waals surface area contributed by atoms with E-state index >= 15 is 0 Å². The summed E-state index contributed by atoms with van der Waals surface area (Å²) in [5, 5.41) is 14.5. The minimum atomic E-state index is -0.244. The molecule has 3 N–H and O–H groups in total. The van der Waals surface area contributed by atoms with Gasteiger partial charge in [0.25, 0.3) is 0 Å². The van der Waals surface area contributed by atoms with Crippen LogP contribution < -0.4 is 10.6 Å². The zero-order valence-corrected chi connectivity index (χ0v) is 5.55. The predicted octanol–water partition coefficient (Wildman–Crippen LogP) is -1.74. The number of piperazine rings is 1. The number of nitrogens with one attached hydrogen (secondary N) is 2. The third-order valence-corrected chi connectivity index (χ3v) is 1.47. The SMILES string of the molecule is O=C=C1NCCNC1CO. The Balaban J connectivity index is 2.59. The fraction of sp³-hybridized carbons (Fsp3) is 0.667. The monoisotopic (exact) mass is 142 g/mol. The van der Waals surface area contributed by atoms with E-state index in [9.17, 15) is 4.79 Å². The molecular formula is C6H10N2O2. The summed E-state index contributed by atoms with van der Waals surface area (Å²) >= 11 is 0. The molecule has 56 valence electrons. The second-order valence-corrected chi connectivity index (χ2v) is 2.13. The molecule has 4 nitrogen and oxygen atoms in total. The van der Waals surface area contributed by atoms with Gasteiger partial charge >= 0.3 is 0 Å². The van der Waals surface area contributed by atoms with Crippen LogP contribution in [0.3, 0.4) is 0 Å². The van der Waals surface area contributed by atoms with Gasteiger partial charge in [0.2, 0.25) is 0 Å². The molecule has 0 radical (unpaired) electrons. The lowest BCUT2D eigenvalue weighted by atomic mass is 10.2. The second-order valence-electron chi connectivity index (χ2n) is 2.13. The second kappa shape index (κ2) is 3.37. The highest BCUT2D eigenvalue weighted by atomic mass is 16.3. The Morgan fingerprint density at radius 2 is 2.50 bits per heavy atom. The standard InChI is InChI=1S/C6H10N2O2/c9-3-5-6(4-10)8-2-1-7-5/h5,7-9H,1-3H2. The normalized spacial score (nSPS) is 25.3. The molecule has 1 saturated heterocycles. The highest BCUT2D eigenvalue weighted by Crippen LogP contribution is 1.96. The Morgan fingerprint density at radius 3 is 3.00 bits per heavy atom. The van der Waals surface area contributed by atoms with Crippen molar-refractivity contribution in [1.29, 1.82) is 0 Å². The van der Waals surface area contributed by atoms with Crippen LogP contribution in [0.25, 0.3) is 0 Å². The Morgan fingerprint density at radius 1 is 1.70 bits per heavy atom. The molecule has 1 heterocycles. The summed E-state index contributed by atoms with van der Waals surface area (Å²) < 4.78 is 0. The predicted molar refractivity (Wildman–Crippen MR) is 36.1 cm³/mol. The van der Waals surface area contributed by atoms with Gasteiger partial charge in [-0.2, -0.15) is 0 Å². The van der Waals surface area contributed by atoms with E-state index in [0.717, 1.165) is 13.1 Å². The molecule has 1 aliphatic rings. The highest BCUT2D eigenvalue weighted by molar-refractivity contribution is 5.54. The van der Waals surface area contributed by atoms with E-state index in [-0.39, 0.29) is 12.6 Å². The highest BCUT2D eigenvalue weighted by Gasteiger charge is 2.16. The van der Waals surface area contributed by atoms with Crippen LogP contribution in [-0.2, 0) is 4.79 Å². The topological polar surface area (TPSA) is 61.4 Å². The molecule has 0 aromatic carbocycles. The zero-order valence-electron chi connectivity index (χ0n) is 5.55. The van der Waals surface area contributed by atoms with Crippen molar-refractivity contribution in [1.82, 2.24) is 10.6 Å². The van der Waals surface area contributed by atoms with Gasteiger partial charge < -0.3 is 15.7 Å². The average molecular weight is 142 g/mol. The number of rotatable bonds is 1. The Labute approximate surface area is 58.9 Å². The van der Waals surface area contributed by atoms with Gasteiger partial charge in [-0.15, -0.1) is 0 Å². The van der Waals surface area contributed by atoms with E-state index in [0.29, 0.717) is 5.70 Å². The van der Waals surface area contributed by atoms with Crippen molar-refractivity contribution in [3.8, 4) is 0 Å². The van der Waals surface area contributed by atoms with E-state index < -0.39 is 0 Å². The fourth-order valence-corrected chi connectivity index (χ4v) is 0.932. The molecular weight excluding hydrogens is 132 g/mol. The van der Waals surface area contributed by atoms with Crippen molar-refractivity contribution in [2.75, 3.05) is 19.7 Å². The zero-order chi connectivity index (χ0) is 7.40. The van der Waals surface area contributed by atoms with Crippen LogP contribution in [0.1, 0.15) is 0 Å². The molecule has 1 fully saturated rings. The largest absolute Gasteiger partial charge is 0.394 e. The average Bonchev–Trinajstić information content (AvgIpc) is 2.04. The summed E-state index contributed by atoms with van der Waals surface area (Å²) in [6.45, 7) is 1.44. The Hall–Kier alpha value is -0.830. The van der Waals surface area contributed by atoms with E-state index in [2.05, 4.69) is 10.6 Å². The van der Waals surface area contributed by atoms with Gasteiger partial charge in [0.05, 0.1) is 12.6 Å². The van der Waals surface area contributed by atoms with E-state index in [1.54, 1.807) is 5.94 Å². The molecule has 0 aromatic heterocycles.